The first-order valence-corrected chi connectivity index (χ1v) is 7.70. The summed E-state index contributed by atoms with van der Waals surface area (Å²) >= 11 is 18.3. The summed E-state index contributed by atoms with van der Waals surface area (Å²) in [7, 11) is 0. The Balaban J connectivity index is 2.20. The minimum Gasteiger partial charge on any atom is -0.489 e. The van der Waals surface area contributed by atoms with Crippen LogP contribution < -0.4 is 10.5 Å². The third-order valence-corrected chi connectivity index (χ3v) is 3.94. The maximum atomic E-state index is 6.14. The van der Waals surface area contributed by atoms with Crippen LogP contribution in [0, 0.1) is 0 Å². The lowest BCUT2D eigenvalue weighted by Gasteiger charge is -2.15. The van der Waals surface area contributed by atoms with Gasteiger partial charge < -0.3 is 10.5 Å². The van der Waals surface area contributed by atoms with Gasteiger partial charge in [-0.2, -0.15) is 0 Å². The van der Waals surface area contributed by atoms with E-state index in [2.05, 4.69) is 0 Å². The Labute approximate surface area is 139 Å². The summed E-state index contributed by atoms with van der Waals surface area (Å²) in [6.45, 7) is 2.24. The van der Waals surface area contributed by atoms with Crippen molar-refractivity contribution < 1.29 is 4.74 Å². The SMILES string of the molecule is CC(N)Cc1cc(Cl)ccc1OCc1c(Cl)cccc1Cl. The molecule has 0 saturated heterocycles. The van der Waals surface area contributed by atoms with Gasteiger partial charge in [-0.15, -0.1) is 0 Å². The number of rotatable bonds is 5. The maximum Gasteiger partial charge on any atom is 0.123 e. The van der Waals surface area contributed by atoms with E-state index in [1.165, 1.54) is 0 Å². The molecule has 2 nitrogen and oxygen atoms in total. The summed E-state index contributed by atoms with van der Waals surface area (Å²) in [4.78, 5) is 0. The van der Waals surface area contributed by atoms with Gasteiger partial charge in [-0.3, -0.25) is 0 Å². The van der Waals surface area contributed by atoms with E-state index in [1.807, 2.05) is 19.1 Å². The highest BCUT2D eigenvalue weighted by Gasteiger charge is 2.10. The smallest absolute Gasteiger partial charge is 0.123 e. The summed E-state index contributed by atoms with van der Waals surface area (Å²) in [5, 5.41) is 1.84. The molecule has 0 amide bonds. The molecule has 0 spiro atoms. The first-order chi connectivity index (χ1) is 9.97. The Morgan fingerprint density at radius 3 is 2.38 bits per heavy atom. The first-order valence-electron chi connectivity index (χ1n) is 6.57. The van der Waals surface area contributed by atoms with Crippen molar-refractivity contribution in [2.75, 3.05) is 0 Å². The zero-order chi connectivity index (χ0) is 15.4. The predicted molar refractivity (Wildman–Crippen MR) is 89.6 cm³/mol. The molecule has 0 aliphatic heterocycles. The van der Waals surface area contributed by atoms with Gasteiger partial charge in [-0.1, -0.05) is 40.9 Å². The lowest BCUT2D eigenvalue weighted by molar-refractivity contribution is 0.302. The normalized spacial score (nSPS) is 12.2. The van der Waals surface area contributed by atoms with Gasteiger partial charge in [0.05, 0.1) is 0 Å². The van der Waals surface area contributed by atoms with Crippen molar-refractivity contribution >= 4 is 34.8 Å². The summed E-state index contributed by atoms with van der Waals surface area (Å²) in [6.07, 6.45) is 0.687. The summed E-state index contributed by atoms with van der Waals surface area (Å²) in [6, 6.07) is 10.9. The molecule has 1 atom stereocenters. The van der Waals surface area contributed by atoms with Gasteiger partial charge in [0.15, 0.2) is 0 Å². The van der Waals surface area contributed by atoms with Gasteiger partial charge in [0, 0.05) is 26.7 Å². The molecule has 0 fully saturated rings. The molecule has 0 bridgehead atoms. The summed E-state index contributed by atoms with van der Waals surface area (Å²) in [5.41, 5.74) is 7.60. The average molecular weight is 345 g/mol. The first kappa shape index (κ1) is 16.4. The fourth-order valence-corrected chi connectivity index (χ4v) is 2.72. The fourth-order valence-electron chi connectivity index (χ4n) is 2.02. The molecule has 2 aromatic carbocycles. The van der Waals surface area contributed by atoms with Crippen LogP contribution in [0.3, 0.4) is 0 Å². The van der Waals surface area contributed by atoms with Crippen LogP contribution in [0.15, 0.2) is 36.4 Å². The number of benzene rings is 2. The van der Waals surface area contributed by atoms with E-state index in [0.717, 1.165) is 16.9 Å². The monoisotopic (exact) mass is 343 g/mol. The Bertz CT molecular complexity index is 609. The van der Waals surface area contributed by atoms with E-state index in [4.69, 9.17) is 45.3 Å². The molecule has 2 N–H and O–H groups in total. The molecule has 0 aliphatic carbocycles. The Morgan fingerprint density at radius 2 is 1.76 bits per heavy atom. The second-order valence-corrected chi connectivity index (χ2v) is 6.17. The van der Waals surface area contributed by atoms with E-state index in [0.29, 0.717) is 28.1 Å². The number of nitrogens with two attached hydrogens (primary N) is 1. The third kappa shape index (κ3) is 4.52. The summed E-state index contributed by atoms with van der Waals surface area (Å²) in [5.74, 6) is 0.743. The van der Waals surface area contributed by atoms with Crippen LogP contribution >= 0.6 is 34.8 Å². The molecule has 5 heteroatoms. The van der Waals surface area contributed by atoms with E-state index >= 15 is 0 Å². The van der Waals surface area contributed by atoms with Crippen molar-refractivity contribution in [3.63, 3.8) is 0 Å². The molecule has 112 valence electrons. The maximum absolute atomic E-state index is 6.14. The van der Waals surface area contributed by atoms with E-state index in [1.54, 1.807) is 24.3 Å². The van der Waals surface area contributed by atoms with Crippen molar-refractivity contribution in [2.45, 2.75) is 26.0 Å². The average Bonchev–Trinajstić information content (AvgIpc) is 2.39. The second-order valence-electron chi connectivity index (χ2n) is 4.92. The van der Waals surface area contributed by atoms with Crippen molar-refractivity contribution in [1.29, 1.82) is 0 Å². The minimum absolute atomic E-state index is 0.0229. The van der Waals surface area contributed by atoms with Gasteiger partial charge in [0.1, 0.15) is 12.4 Å². The summed E-state index contributed by atoms with van der Waals surface area (Å²) < 4.78 is 5.86. The van der Waals surface area contributed by atoms with E-state index in [-0.39, 0.29) is 6.04 Å². The zero-order valence-electron chi connectivity index (χ0n) is 11.6. The molecule has 0 radical (unpaired) electrons. The van der Waals surface area contributed by atoms with Crippen LogP contribution in [0.25, 0.3) is 0 Å². The van der Waals surface area contributed by atoms with Crippen LogP contribution in [0.2, 0.25) is 15.1 Å². The number of hydrogen-bond donors (Lipinski definition) is 1. The van der Waals surface area contributed by atoms with Crippen LogP contribution in [-0.2, 0) is 13.0 Å². The Hall–Kier alpha value is -0.930. The molecule has 2 rings (SSSR count). The topological polar surface area (TPSA) is 35.2 Å². The molecule has 1 unspecified atom stereocenters. The number of hydrogen-bond acceptors (Lipinski definition) is 2. The molecular formula is C16H16Cl3NO. The van der Waals surface area contributed by atoms with Gasteiger partial charge in [-0.05, 0) is 49.2 Å². The fraction of sp³-hybridized carbons (Fsp3) is 0.250. The Morgan fingerprint density at radius 1 is 1.10 bits per heavy atom. The number of halogens is 3. The molecule has 21 heavy (non-hydrogen) atoms. The van der Waals surface area contributed by atoms with Crippen molar-refractivity contribution in [3.05, 3.63) is 62.6 Å². The minimum atomic E-state index is 0.0229. The molecule has 0 aliphatic rings. The van der Waals surface area contributed by atoms with Crippen LogP contribution in [0.4, 0.5) is 0 Å². The highest BCUT2D eigenvalue weighted by Crippen LogP contribution is 2.28. The zero-order valence-corrected chi connectivity index (χ0v) is 13.8. The van der Waals surface area contributed by atoms with Gasteiger partial charge in [-0.25, -0.2) is 0 Å². The van der Waals surface area contributed by atoms with Crippen molar-refractivity contribution in [1.82, 2.24) is 0 Å². The van der Waals surface area contributed by atoms with Gasteiger partial charge >= 0.3 is 0 Å². The highest BCUT2D eigenvalue weighted by molar-refractivity contribution is 6.35. The van der Waals surface area contributed by atoms with Crippen LogP contribution in [0.1, 0.15) is 18.1 Å². The Kier molecular flexibility index (Phi) is 5.77. The van der Waals surface area contributed by atoms with Gasteiger partial charge in [0.2, 0.25) is 0 Å². The van der Waals surface area contributed by atoms with E-state index < -0.39 is 0 Å². The molecule has 0 aromatic heterocycles. The lowest BCUT2D eigenvalue weighted by atomic mass is 10.1. The highest BCUT2D eigenvalue weighted by atomic mass is 35.5. The predicted octanol–water partition coefficient (Wildman–Crippen LogP) is 5.12. The van der Waals surface area contributed by atoms with Crippen molar-refractivity contribution in [3.8, 4) is 5.75 Å². The molecule has 2 aromatic rings. The largest absolute Gasteiger partial charge is 0.489 e. The molecular weight excluding hydrogens is 329 g/mol. The molecule has 0 saturated carbocycles. The van der Waals surface area contributed by atoms with Crippen LogP contribution in [-0.4, -0.2) is 6.04 Å². The van der Waals surface area contributed by atoms with Crippen LogP contribution in [0.5, 0.6) is 5.75 Å². The lowest BCUT2D eigenvalue weighted by Crippen LogP contribution is -2.18. The quantitative estimate of drug-likeness (QED) is 0.817. The van der Waals surface area contributed by atoms with Gasteiger partial charge in [0.25, 0.3) is 0 Å². The number of ether oxygens (including phenoxy) is 1. The second kappa shape index (κ2) is 7.37. The standard InChI is InChI=1S/C16H16Cl3NO/c1-10(20)7-11-8-12(17)5-6-16(11)21-9-13-14(18)3-2-4-15(13)19/h2-6,8,10H,7,9,20H2,1H3. The third-order valence-electron chi connectivity index (χ3n) is 3.00. The molecule has 0 heterocycles. The van der Waals surface area contributed by atoms with E-state index in [9.17, 15) is 0 Å². The van der Waals surface area contributed by atoms with Crippen molar-refractivity contribution in [2.24, 2.45) is 5.73 Å².